The minimum atomic E-state index is -1.24. The zero-order chi connectivity index (χ0) is 16.0. The Labute approximate surface area is 134 Å². The summed E-state index contributed by atoms with van der Waals surface area (Å²) in [6, 6.07) is 4.72. The molecule has 4 nitrogen and oxygen atoms in total. The summed E-state index contributed by atoms with van der Waals surface area (Å²) in [7, 11) is 0. The van der Waals surface area contributed by atoms with E-state index in [2.05, 4.69) is 10.0 Å². The Bertz CT molecular complexity index is 556. The molecular weight excluding hydrogens is 303 g/mol. The normalized spacial score (nSPS) is 24.9. The first kappa shape index (κ1) is 16.1. The number of benzene rings is 1. The van der Waals surface area contributed by atoms with Crippen molar-refractivity contribution < 1.29 is 13.7 Å². The van der Waals surface area contributed by atoms with Gasteiger partial charge in [0.2, 0.25) is 0 Å². The third-order valence-electron chi connectivity index (χ3n) is 4.37. The average Bonchev–Trinajstić information content (AvgIpc) is 2.74. The van der Waals surface area contributed by atoms with E-state index in [9.17, 15) is 8.94 Å². The number of hydrogen-bond donors (Lipinski definition) is 2. The number of piperidine rings is 1. The van der Waals surface area contributed by atoms with Crippen LogP contribution in [0.5, 0.6) is 5.75 Å². The number of para-hydroxylation sites is 1. The standard InChI is InChI=1S/C16H23FN2O2S/c1-15(2,3)22(20)19-14-11-5-4-6-12(17)13(11)21-16(14)7-9-18-10-8-16/h4-6,14,18-19H,7-10H2,1-3H3/t14-,22?/m1/s1. The van der Waals surface area contributed by atoms with E-state index in [4.69, 9.17) is 4.74 Å². The number of rotatable bonds is 2. The summed E-state index contributed by atoms with van der Waals surface area (Å²) in [4.78, 5) is 0. The predicted octanol–water partition coefficient (Wildman–Crippen LogP) is 2.43. The van der Waals surface area contributed by atoms with Crippen LogP contribution in [-0.4, -0.2) is 28.0 Å². The topological polar surface area (TPSA) is 56.3 Å². The Hall–Kier alpha value is -0.820. The fourth-order valence-corrected chi connectivity index (χ4v) is 4.01. The van der Waals surface area contributed by atoms with Gasteiger partial charge in [-0.1, -0.05) is 12.1 Å². The maximum absolute atomic E-state index is 14.1. The van der Waals surface area contributed by atoms with E-state index in [0.717, 1.165) is 31.5 Å². The molecule has 2 aliphatic heterocycles. The van der Waals surface area contributed by atoms with Crippen molar-refractivity contribution in [3.8, 4) is 5.75 Å². The summed E-state index contributed by atoms with van der Waals surface area (Å²) < 4.78 is 35.6. The summed E-state index contributed by atoms with van der Waals surface area (Å²) >= 11 is -1.24. The van der Waals surface area contributed by atoms with Gasteiger partial charge < -0.3 is 14.6 Å². The predicted molar refractivity (Wildman–Crippen MR) is 85.6 cm³/mol. The van der Waals surface area contributed by atoms with Crippen LogP contribution in [-0.2, 0) is 11.4 Å². The molecule has 2 heterocycles. The molecule has 0 aromatic heterocycles. The second-order valence-corrected chi connectivity index (χ2v) is 9.00. The lowest BCUT2D eigenvalue weighted by Gasteiger charge is -2.39. The number of fused-ring (bicyclic) bond motifs is 1. The van der Waals surface area contributed by atoms with Gasteiger partial charge in [0, 0.05) is 29.8 Å². The molecule has 3 rings (SSSR count). The molecule has 0 radical (unpaired) electrons. The molecule has 22 heavy (non-hydrogen) atoms. The highest BCUT2D eigenvalue weighted by Gasteiger charge is 2.52. The van der Waals surface area contributed by atoms with Crippen molar-refractivity contribution in [2.24, 2.45) is 0 Å². The minimum Gasteiger partial charge on any atom is -0.598 e. The number of halogens is 1. The van der Waals surface area contributed by atoms with Gasteiger partial charge in [0.05, 0.1) is 0 Å². The van der Waals surface area contributed by atoms with Crippen LogP contribution in [0.15, 0.2) is 18.2 Å². The molecule has 2 aliphatic rings. The molecule has 0 saturated carbocycles. The molecule has 0 bridgehead atoms. The molecule has 122 valence electrons. The Morgan fingerprint density at radius 2 is 2.05 bits per heavy atom. The summed E-state index contributed by atoms with van der Waals surface area (Å²) in [5.41, 5.74) is 0.260. The van der Waals surface area contributed by atoms with Crippen LogP contribution in [0.4, 0.5) is 4.39 Å². The van der Waals surface area contributed by atoms with Gasteiger partial charge in [-0.15, -0.1) is 4.72 Å². The van der Waals surface area contributed by atoms with Gasteiger partial charge >= 0.3 is 0 Å². The third kappa shape index (κ3) is 2.73. The van der Waals surface area contributed by atoms with Crippen molar-refractivity contribution in [1.82, 2.24) is 10.0 Å². The number of ether oxygens (including phenoxy) is 1. The fraction of sp³-hybridized carbons (Fsp3) is 0.625. The van der Waals surface area contributed by atoms with E-state index in [-0.39, 0.29) is 16.6 Å². The lowest BCUT2D eigenvalue weighted by Crippen LogP contribution is -2.54. The van der Waals surface area contributed by atoms with Crippen molar-refractivity contribution in [1.29, 1.82) is 0 Å². The smallest absolute Gasteiger partial charge is 0.165 e. The highest BCUT2D eigenvalue weighted by molar-refractivity contribution is 7.90. The summed E-state index contributed by atoms with van der Waals surface area (Å²) in [6.45, 7) is 7.40. The van der Waals surface area contributed by atoms with Gasteiger partial charge in [0.15, 0.2) is 11.6 Å². The molecular formula is C16H23FN2O2S. The Kier molecular flexibility index (Phi) is 4.14. The molecule has 0 aliphatic carbocycles. The molecule has 0 amide bonds. The van der Waals surface area contributed by atoms with Crippen LogP contribution in [0, 0.1) is 5.82 Å². The molecule has 1 aromatic rings. The maximum Gasteiger partial charge on any atom is 0.165 e. The molecule has 1 fully saturated rings. The lowest BCUT2D eigenvalue weighted by molar-refractivity contribution is 0.0293. The molecule has 2 atom stereocenters. The van der Waals surface area contributed by atoms with E-state index < -0.39 is 17.0 Å². The largest absolute Gasteiger partial charge is 0.598 e. The minimum absolute atomic E-state index is 0.250. The number of hydrogen-bond acceptors (Lipinski definition) is 4. The summed E-state index contributed by atoms with van der Waals surface area (Å²) in [6.07, 6.45) is 1.53. The Morgan fingerprint density at radius 1 is 1.36 bits per heavy atom. The van der Waals surface area contributed by atoms with Crippen molar-refractivity contribution in [2.45, 2.75) is 50.0 Å². The van der Waals surface area contributed by atoms with Crippen LogP contribution < -0.4 is 14.8 Å². The highest BCUT2D eigenvalue weighted by atomic mass is 32.2. The molecule has 1 aromatic carbocycles. The first-order valence-electron chi connectivity index (χ1n) is 7.70. The van der Waals surface area contributed by atoms with Crippen molar-refractivity contribution >= 4 is 11.4 Å². The zero-order valence-corrected chi connectivity index (χ0v) is 14.1. The van der Waals surface area contributed by atoms with E-state index in [1.165, 1.54) is 6.07 Å². The van der Waals surface area contributed by atoms with Crippen LogP contribution in [0.1, 0.15) is 45.2 Å². The second-order valence-electron chi connectivity index (χ2n) is 7.01. The van der Waals surface area contributed by atoms with Crippen LogP contribution in [0.3, 0.4) is 0 Å². The Morgan fingerprint density at radius 3 is 2.68 bits per heavy atom. The Balaban J connectivity index is 1.97. The van der Waals surface area contributed by atoms with E-state index in [1.807, 2.05) is 26.8 Å². The van der Waals surface area contributed by atoms with Crippen molar-refractivity contribution in [3.63, 3.8) is 0 Å². The van der Waals surface area contributed by atoms with Gasteiger partial charge in [-0.2, -0.15) is 0 Å². The first-order valence-corrected chi connectivity index (χ1v) is 8.85. The summed E-state index contributed by atoms with van der Waals surface area (Å²) in [5.74, 6) is -0.0333. The van der Waals surface area contributed by atoms with Crippen molar-refractivity contribution in [2.75, 3.05) is 13.1 Å². The third-order valence-corrected chi connectivity index (χ3v) is 5.93. The van der Waals surface area contributed by atoms with Crippen LogP contribution in [0.25, 0.3) is 0 Å². The number of nitrogens with one attached hydrogen (secondary N) is 2. The molecule has 1 unspecified atom stereocenters. The summed E-state index contributed by atoms with van der Waals surface area (Å²) in [5, 5.41) is 3.30. The molecule has 6 heteroatoms. The van der Waals surface area contributed by atoms with Gasteiger partial charge in [0.25, 0.3) is 0 Å². The van der Waals surface area contributed by atoms with E-state index in [0.29, 0.717) is 5.75 Å². The molecule has 2 N–H and O–H groups in total. The average molecular weight is 326 g/mol. The lowest BCUT2D eigenvalue weighted by atomic mass is 9.84. The van der Waals surface area contributed by atoms with Crippen molar-refractivity contribution in [3.05, 3.63) is 29.6 Å². The molecule has 1 saturated heterocycles. The van der Waals surface area contributed by atoms with Gasteiger partial charge in [0.1, 0.15) is 16.4 Å². The fourth-order valence-electron chi connectivity index (χ4n) is 3.10. The van der Waals surface area contributed by atoms with Gasteiger partial charge in [-0.25, -0.2) is 4.39 Å². The quantitative estimate of drug-likeness (QED) is 0.820. The SMILES string of the molecule is CC(C)(C)[S+]([O-])N[C@@H]1c2cccc(F)c2OC12CCNCC2. The second kappa shape index (κ2) is 5.67. The van der Waals surface area contributed by atoms with Crippen LogP contribution >= 0.6 is 0 Å². The highest BCUT2D eigenvalue weighted by Crippen LogP contribution is 2.49. The van der Waals surface area contributed by atoms with Gasteiger partial charge in [-0.3, -0.25) is 0 Å². The van der Waals surface area contributed by atoms with Crippen LogP contribution in [0.2, 0.25) is 0 Å². The van der Waals surface area contributed by atoms with E-state index >= 15 is 0 Å². The first-order chi connectivity index (χ1) is 10.3. The molecule has 1 spiro atoms. The van der Waals surface area contributed by atoms with E-state index in [1.54, 1.807) is 6.07 Å². The monoisotopic (exact) mass is 326 g/mol. The van der Waals surface area contributed by atoms with Gasteiger partial charge in [-0.05, 0) is 39.9 Å². The zero-order valence-electron chi connectivity index (χ0n) is 13.2. The maximum atomic E-state index is 14.1.